The predicted molar refractivity (Wildman–Crippen MR) is 131 cm³/mol. The highest BCUT2D eigenvalue weighted by Crippen LogP contribution is 2.44. The fraction of sp³-hybridized carbons (Fsp3) is 0.444. The molecule has 39 heavy (non-hydrogen) atoms. The van der Waals surface area contributed by atoms with Crippen molar-refractivity contribution in [3.05, 3.63) is 64.4 Å². The number of benzene rings is 2. The lowest BCUT2D eigenvalue weighted by atomic mass is 9.88. The molecular weight excluding hydrogens is 528 g/mol. The van der Waals surface area contributed by atoms with E-state index in [1.807, 2.05) is 4.90 Å². The number of nitrogens with zero attached hydrogens (tertiary/aromatic N) is 2. The summed E-state index contributed by atoms with van der Waals surface area (Å²) in [7, 11) is 0. The molecule has 12 heteroatoms. The molecule has 6 nitrogen and oxygen atoms in total. The minimum atomic E-state index is -4.64. The van der Waals surface area contributed by atoms with Crippen LogP contribution in [0, 0.1) is 11.6 Å². The first kappa shape index (κ1) is 27.3. The van der Waals surface area contributed by atoms with Gasteiger partial charge in [0, 0.05) is 60.0 Å². The number of alkyl halides is 4. The van der Waals surface area contributed by atoms with E-state index in [1.165, 1.54) is 12.1 Å². The maximum Gasteiger partial charge on any atom is 0.401 e. The van der Waals surface area contributed by atoms with Crippen molar-refractivity contribution in [2.24, 2.45) is 0 Å². The topological polar surface area (TPSA) is 68.8 Å². The maximum absolute atomic E-state index is 15.6. The van der Waals surface area contributed by atoms with Crippen LogP contribution in [0.1, 0.15) is 46.6 Å². The number of hydrogen-bond acceptors (Lipinski definition) is 4. The molecule has 0 bridgehead atoms. The third kappa shape index (κ3) is 5.44. The molecule has 0 amide bonds. The number of carboxylic acid groups (broad SMARTS) is 1. The third-order valence-electron chi connectivity index (χ3n) is 7.38. The second kappa shape index (κ2) is 10.4. The molecular formula is C27H27F6N3O3. The van der Waals surface area contributed by atoms with Crippen molar-refractivity contribution in [2.45, 2.75) is 44.1 Å². The first-order chi connectivity index (χ1) is 18.4. The summed E-state index contributed by atoms with van der Waals surface area (Å²) in [5.41, 5.74) is 0.538. The molecule has 0 spiro atoms. The Balaban J connectivity index is 1.53. The van der Waals surface area contributed by atoms with Gasteiger partial charge in [-0.25, -0.2) is 13.6 Å². The highest BCUT2D eigenvalue weighted by atomic mass is 19.4. The zero-order chi connectivity index (χ0) is 28.1. The molecule has 210 valence electrons. The predicted octanol–water partition coefficient (Wildman–Crippen LogP) is 5.47. The summed E-state index contributed by atoms with van der Waals surface area (Å²) < 4.78 is 90.1. The van der Waals surface area contributed by atoms with Crippen LogP contribution in [0.4, 0.5) is 26.3 Å². The average Bonchev–Trinajstić information content (AvgIpc) is 3.18. The monoisotopic (exact) mass is 555 g/mol. The summed E-state index contributed by atoms with van der Waals surface area (Å²) in [6, 6.07) is 4.05. The van der Waals surface area contributed by atoms with Gasteiger partial charge in [0.2, 0.25) is 0 Å². The van der Waals surface area contributed by atoms with Gasteiger partial charge < -0.3 is 14.8 Å². The number of hydrogen-bond donors (Lipinski definition) is 2. The second-order valence-corrected chi connectivity index (χ2v) is 10.2. The van der Waals surface area contributed by atoms with Crippen molar-refractivity contribution < 1.29 is 41.0 Å². The van der Waals surface area contributed by atoms with Gasteiger partial charge in [-0.05, 0) is 37.5 Å². The van der Waals surface area contributed by atoms with E-state index in [0.29, 0.717) is 42.5 Å². The van der Waals surface area contributed by atoms with Gasteiger partial charge in [0.05, 0.1) is 24.8 Å². The van der Waals surface area contributed by atoms with Crippen molar-refractivity contribution in [1.82, 2.24) is 14.8 Å². The Morgan fingerprint density at radius 1 is 1.15 bits per heavy atom. The van der Waals surface area contributed by atoms with Gasteiger partial charge in [0.25, 0.3) is 0 Å². The lowest BCUT2D eigenvalue weighted by molar-refractivity contribution is -0.155. The van der Waals surface area contributed by atoms with Crippen molar-refractivity contribution in [1.29, 1.82) is 0 Å². The van der Waals surface area contributed by atoms with Crippen molar-refractivity contribution in [3.8, 4) is 5.75 Å². The van der Waals surface area contributed by atoms with E-state index in [0.717, 1.165) is 17.0 Å². The fourth-order valence-corrected chi connectivity index (χ4v) is 5.61. The van der Waals surface area contributed by atoms with Gasteiger partial charge in [-0.15, -0.1) is 0 Å². The lowest BCUT2D eigenvalue weighted by Crippen LogP contribution is -2.53. The zero-order valence-electron chi connectivity index (χ0n) is 21.0. The van der Waals surface area contributed by atoms with Gasteiger partial charge >= 0.3 is 12.1 Å². The van der Waals surface area contributed by atoms with Crippen molar-refractivity contribution in [2.75, 3.05) is 32.9 Å². The zero-order valence-corrected chi connectivity index (χ0v) is 21.0. The molecule has 1 fully saturated rings. The molecule has 5 rings (SSSR count). The normalized spacial score (nSPS) is 20.7. The van der Waals surface area contributed by atoms with Crippen molar-refractivity contribution >= 4 is 16.9 Å². The summed E-state index contributed by atoms with van der Waals surface area (Å²) in [6.45, 7) is 1.21. The molecule has 1 saturated heterocycles. The number of carbonyl (C=O) groups is 1. The van der Waals surface area contributed by atoms with Crippen LogP contribution in [0.5, 0.6) is 5.75 Å². The average molecular weight is 556 g/mol. The SMILES string of the molecule is C[C@@H]1Cc2c([nH]c3cc(C(=O)O)ccc23)[C@@H](c2c(F)cc(OC3CN(CCCF)C3)cc2F)N1CC(F)(F)F. The van der Waals surface area contributed by atoms with E-state index >= 15 is 8.78 Å². The number of nitrogens with one attached hydrogen (secondary N) is 1. The summed E-state index contributed by atoms with van der Waals surface area (Å²) in [5.74, 6) is -3.38. The molecule has 2 aromatic carbocycles. The molecule has 3 heterocycles. The van der Waals surface area contributed by atoms with E-state index in [4.69, 9.17) is 4.74 Å². The molecule has 0 unspecified atom stereocenters. The van der Waals surface area contributed by atoms with Crippen LogP contribution >= 0.6 is 0 Å². The highest BCUT2D eigenvalue weighted by Gasteiger charge is 2.44. The van der Waals surface area contributed by atoms with Crippen LogP contribution in [-0.4, -0.2) is 77.0 Å². The van der Waals surface area contributed by atoms with Crippen LogP contribution in [0.2, 0.25) is 0 Å². The van der Waals surface area contributed by atoms with Gasteiger partial charge in [0.15, 0.2) is 0 Å². The van der Waals surface area contributed by atoms with E-state index in [9.17, 15) is 27.5 Å². The van der Waals surface area contributed by atoms with Crippen LogP contribution in [0.3, 0.4) is 0 Å². The first-order valence-electron chi connectivity index (χ1n) is 12.6. The number of ether oxygens (including phenoxy) is 1. The summed E-state index contributed by atoms with van der Waals surface area (Å²) in [5, 5.41) is 9.93. The molecule has 2 aliphatic heterocycles. The minimum Gasteiger partial charge on any atom is -0.488 e. The summed E-state index contributed by atoms with van der Waals surface area (Å²) in [4.78, 5) is 17.4. The third-order valence-corrected chi connectivity index (χ3v) is 7.38. The number of likely N-dealkylation sites (tertiary alicyclic amines) is 1. The minimum absolute atomic E-state index is 0.0315. The number of carboxylic acids is 1. The van der Waals surface area contributed by atoms with Gasteiger partial charge in [0.1, 0.15) is 23.5 Å². The van der Waals surface area contributed by atoms with Gasteiger partial charge in [-0.2, -0.15) is 13.2 Å². The van der Waals surface area contributed by atoms with Crippen LogP contribution < -0.4 is 4.74 Å². The standard InChI is InChI=1S/C27H27F6N3O3/c1-14-7-19-18-4-3-15(26(37)38)8-22(18)34-24(19)25(36(14)13-27(31,32)33)23-20(29)9-16(10-21(23)30)39-17-11-35(12-17)6-2-5-28/h3-4,8-10,14,17,25,34H,2,5-7,11-13H2,1H3,(H,37,38)/t14-,25-/m1/s1. The van der Waals surface area contributed by atoms with Crippen LogP contribution in [0.15, 0.2) is 30.3 Å². The Morgan fingerprint density at radius 3 is 2.46 bits per heavy atom. The Hall–Kier alpha value is -3.25. The van der Waals surface area contributed by atoms with E-state index in [1.54, 1.807) is 13.0 Å². The molecule has 3 aromatic rings. The quantitative estimate of drug-likeness (QED) is 0.361. The Labute approximate surface area is 220 Å². The van der Waals surface area contributed by atoms with Crippen LogP contribution in [-0.2, 0) is 6.42 Å². The summed E-state index contributed by atoms with van der Waals surface area (Å²) >= 11 is 0. The molecule has 2 N–H and O–H groups in total. The second-order valence-electron chi connectivity index (χ2n) is 10.2. The smallest absolute Gasteiger partial charge is 0.401 e. The van der Waals surface area contributed by atoms with Gasteiger partial charge in [-0.1, -0.05) is 6.07 Å². The largest absolute Gasteiger partial charge is 0.488 e. The molecule has 0 aliphatic carbocycles. The van der Waals surface area contributed by atoms with Gasteiger partial charge in [-0.3, -0.25) is 14.2 Å². The number of rotatable bonds is 8. The fourth-order valence-electron chi connectivity index (χ4n) is 5.61. The maximum atomic E-state index is 15.6. The number of aromatic nitrogens is 1. The molecule has 0 radical (unpaired) electrons. The Bertz CT molecular complexity index is 1360. The molecule has 1 aromatic heterocycles. The number of H-pyrrole nitrogens is 1. The Morgan fingerprint density at radius 2 is 1.85 bits per heavy atom. The van der Waals surface area contributed by atoms with Crippen molar-refractivity contribution in [3.63, 3.8) is 0 Å². The number of fused-ring (bicyclic) bond motifs is 3. The Kier molecular flexibility index (Phi) is 7.27. The van der Waals surface area contributed by atoms with E-state index < -0.39 is 54.6 Å². The van der Waals surface area contributed by atoms with E-state index in [-0.39, 0.29) is 29.5 Å². The summed E-state index contributed by atoms with van der Waals surface area (Å²) in [6.07, 6.45) is -4.43. The number of halogens is 6. The van der Waals surface area contributed by atoms with E-state index in [2.05, 4.69) is 4.98 Å². The molecule has 0 saturated carbocycles. The first-order valence-corrected chi connectivity index (χ1v) is 12.6. The highest BCUT2D eigenvalue weighted by molar-refractivity contribution is 5.95. The molecule has 2 atom stereocenters. The number of aromatic carboxylic acids is 1. The number of aromatic amines is 1. The lowest BCUT2D eigenvalue weighted by Gasteiger charge is -2.41. The molecule has 2 aliphatic rings. The van der Waals surface area contributed by atoms with Crippen LogP contribution in [0.25, 0.3) is 10.9 Å².